The Balaban J connectivity index is 0.000000339. The lowest BCUT2D eigenvalue weighted by Gasteiger charge is -2.11. The number of hydrogen-bond donors (Lipinski definition) is 4. The Kier molecular flexibility index (Phi) is 6.70. The second-order valence-corrected chi connectivity index (χ2v) is 6.55. The van der Waals surface area contributed by atoms with Crippen molar-refractivity contribution in [3.63, 3.8) is 0 Å². The molecule has 1 saturated heterocycles. The highest BCUT2D eigenvalue weighted by molar-refractivity contribution is 6.04. The van der Waals surface area contributed by atoms with Crippen molar-refractivity contribution in [1.29, 1.82) is 0 Å². The van der Waals surface area contributed by atoms with Crippen LogP contribution in [0.15, 0.2) is 42.7 Å². The number of benzene rings is 1. The number of aromatic nitrogens is 3. The number of H-pyrrole nitrogens is 1. The van der Waals surface area contributed by atoms with E-state index < -0.39 is 12.1 Å². The molecule has 12 heteroatoms. The largest absolute Gasteiger partial charge is 0.490 e. The number of pyridine rings is 1. The summed E-state index contributed by atoms with van der Waals surface area (Å²) in [4.78, 5) is 25.4. The maximum absolute atomic E-state index is 12.3. The Morgan fingerprint density at radius 1 is 1.19 bits per heavy atom. The number of hydrogen-bond acceptors (Lipinski definition) is 6. The van der Waals surface area contributed by atoms with Gasteiger partial charge >= 0.3 is 12.1 Å². The van der Waals surface area contributed by atoms with Crippen LogP contribution in [0, 0.1) is 0 Å². The van der Waals surface area contributed by atoms with Crippen LogP contribution in [0.2, 0.25) is 0 Å². The summed E-state index contributed by atoms with van der Waals surface area (Å²) in [6.45, 7) is 1.80. The first-order valence-corrected chi connectivity index (χ1v) is 9.10. The number of fused-ring (bicyclic) bond motifs is 1. The van der Waals surface area contributed by atoms with Crippen LogP contribution >= 0.6 is 0 Å². The molecule has 0 aliphatic carbocycles. The normalized spacial score (nSPS) is 15.8. The molecule has 1 amide bonds. The van der Waals surface area contributed by atoms with Gasteiger partial charge in [-0.05, 0) is 37.2 Å². The smallest absolute Gasteiger partial charge is 0.475 e. The van der Waals surface area contributed by atoms with Gasteiger partial charge in [-0.2, -0.15) is 18.3 Å². The quantitative estimate of drug-likeness (QED) is 0.494. The summed E-state index contributed by atoms with van der Waals surface area (Å²) in [7, 11) is 0. The zero-order valence-corrected chi connectivity index (χ0v) is 15.9. The number of carbonyl (C=O) groups is 2. The fraction of sp³-hybridized carbons (Fsp3) is 0.263. The van der Waals surface area contributed by atoms with Gasteiger partial charge in [0, 0.05) is 29.9 Å². The van der Waals surface area contributed by atoms with Gasteiger partial charge in [-0.15, -0.1) is 0 Å². The number of ether oxygens (including phenoxy) is 1. The summed E-state index contributed by atoms with van der Waals surface area (Å²) in [5.41, 5.74) is 2.13. The lowest BCUT2D eigenvalue weighted by atomic mass is 10.2. The first kappa shape index (κ1) is 22.0. The minimum atomic E-state index is -5.08. The van der Waals surface area contributed by atoms with E-state index in [0.717, 1.165) is 30.4 Å². The highest BCUT2D eigenvalue weighted by Crippen LogP contribution is 2.18. The molecule has 0 saturated carbocycles. The third kappa shape index (κ3) is 6.15. The fourth-order valence-electron chi connectivity index (χ4n) is 2.71. The molecule has 0 radical (unpaired) electrons. The lowest BCUT2D eigenvalue weighted by molar-refractivity contribution is -0.192. The maximum atomic E-state index is 12.3. The van der Waals surface area contributed by atoms with Gasteiger partial charge in [0.2, 0.25) is 5.88 Å². The van der Waals surface area contributed by atoms with Gasteiger partial charge in [-0.3, -0.25) is 9.89 Å². The number of carboxylic acid groups (broad SMARTS) is 1. The van der Waals surface area contributed by atoms with E-state index in [2.05, 4.69) is 25.8 Å². The highest BCUT2D eigenvalue weighted by atomic mass is 19.4. The van der Waals surface area contributed by atoms with Crippen molar-refractivity contribution in [2.75, 3.05) is 18.4 Å². The molecular weight excluding hydrogens is 419 g/mol. The number of halogens is 3. The van der Waals surface area contributed by atoms with Crippen molar-refractivity contribution in [2.45, 2.75) is 18.7 Å². The molecule has 1 atom stereocenters. The summed E-state index contributed by atoms with van der Waals surface area (Å²) in [5.74, 6) is -2.42. The number of carboxylic acids is 1. The minimum absolute atomic E-state index is 0.152. The minimum Gasteiger partial charge on any atom is -0.475 e. The number of rotatable bonds is 4. The number of aliphatic carboxylic acids is 1. The number of anilines is 1. The standard InChI is InChI=1S/C17H17N5O2.C2HF3O2/c23-17(21-13-2-3-15-12(7-13)9-20-22-15)11-1-4-16(19-8-11)24-14-5-6-18-10-14;3-2(4,5)1(6)7/h1-4,7-9,14,18H,5-6,10H2,(H,20,22)(H,21,23);(H,6,7)/t14-;/m0./s1. The van der Waals surface area contributed by atoms with E-state index in [-0.39, 0.29) is 12.0 Å². The average Bonchev–Trinajstić information content (AvgIpc) is 3.39. The number of aromatic amines is 1. The Bertz CT molecular complexity index is 1050. The molecule has 2 aromatic heterocycles. The second kappa shape index (κ2) is 9.43. The van der Waals surface area contributed by atoms with Crippen molar-refractivity contribution in [3.05, 3.63) is 48.3 Å². The van der Waals surface area contributed by atoms with Gasteiger partial charge in [-0.1, -0.05) is 0 Å². The van der Waals surface area contributed by atoms with E-state index in [9.17, 15) is 18.0 Å². The molecule has 1 fully saturated rings. The third-order valence-corrected chi connectivity index (χ3v) is 4.24. The summed E-state index contributed by atoms with van der Waals surface area (Å²) in [6, 6.07) is 9.02. The molecule has 3 aromatic rings. The molecule has 1 aromatic carbocycles. The highest BCUT2D eigenvalue weighted by Gasteiger charge is 2.38. The van der Waals surface area contributed by atoms with Gasteiger partial charge in [0.15, 0.2) is 0 Å². The number of alkyl halides is 3. The van der Waals surface area contributed by atoms with Gasteiger partial charge in [0.25, 0.3) is 5.91 Å². The molecule has 0 unspecified atom stereocenters. The Hall–Kier alpha value is -3.67. The van der Waals surface area contributed by atoms with Gasteiger partial charge in [-0.25, -0.2) is 9.78 Å². The van der Waals surface area contributed by atoms with Crippen LogP contribution < -0.4 is 15.4 Å². The zero-order valence-electron chi connectivity index (χ0n) is 15.9. The molecule has 1 aliphatic rings. The SMILES string of the molecule is O=C(Nc1ccc2[nH]ncc2c1)c1ccc(O[C@H]2CCNC2)nc1.O=C(O)C(F)(F)F. The summed E-state index contributed by atoms with van der Waals surface area (Å²) in [5, 5.41) is 21.0. The molecule has 9 nitrogen and oxygen atoms in total. The summed E-state index contributed by atoms with van der Waals surface area (Å²) in [6.07, 6.45) is -0.709. The van der Waals surface area contributed by atoms with Crippen LogP contribution in [0.1, 0.15) is 16.8 Å². The van der Waals surface area contributed by atoms with Crippen molar-refractivity contribution < 1.29 is 32.6 Å². The Morgan fingerprint density at radius 2 is 1.97 bits per heavy atom. The number of nitrogens with zero attached hydrogens (tertiary/aromatic N) is 2. The maximum Gasteiger partial charge on any atom is 0.490 e. The van der Waals surface area contributed by atoms with E-state index in [1.165, 1.54) is 6.20 Å². The van der Waals surface area contributed by atoms with Crippen LogP contribution in [-0.4, -0.2) is 57.5 Å². The van der Waals surface area contributed by atoms with E-state index in [0.29, 0.717) is 17.1 Å². The van der Waals surface area contributed by atoms with Crippen LogP contribution in [-0.2, 0) is 4.79 Å². The molecule has 0 bridgehead atoms. The molecule has 31 heavy (non-hydrogen) atoms. The molecule has 3 heterocycles. The van der Waals surface area contributed by atoms with Gasteiger partial charge in [0.1, 0.15) is 6.10 Å². The first-order valence-electron chi connectivity index (χ1n) is 9.10. The Labute approximate surface area is 173 Å². The predicted octanol–water partition coefficient (Wildman–Crippen LogP) is 2.58. The van der Waals surface area contributed by atoms with Crippen molar-refractivity contribution in [3.8, 4) is 5.88 Å². The van der Waals surface area contributed by atoms with Crippen molar-refractivity contribution >= 4 is 28.5 Å². The van der Waals surface area contributed by atoms with Crippen LogP contribution in [0.25, 0.3) is 10.9 Å². The van der Waals surface area contributed by atoms with Gasteiger partial charge in [0.05, 0.1) is 17.3 Å². The van der Waals surface area contributed by atoms with Crippen molar-refractivity contribution in [1.82, 2.24) is 20.5 Å². The molecule has 0 spiro atoms. The number of amides is 1. The van der Waals surface area contributed by atoms with Crippen molar-refractivity contribution in [2.24, 2.45) is 0 Å². The monoisotopic (exact) mass is 437 g/mol. The molecular formula is C19H18F3N5O4. The van der Waals surface area contributed by atoms with E-state index in [1.807, 2.05) is 18.2 Å². The fourth-order valence-corrected chi connectivity index (χ4v) is 2.71. The van der Waals surface area contributed by atoms with E-state index in [1.54, 1.807) is 18.3 Å². The first-order chi connectivity index (χ1) is 14.7. The summed E-state index contributed by atoms with van der Waals surface area (Å²) < 4.78 is 37.5. The third-order valence-electron chi connectivity index (χ3n) is 4.24. The molecule has 4 rings (SSSR count). The number of carbonyl (C=O) groups excluding carboxylic acids is 1. The van der Waals surface area contributed by atoms with Crippen LogP contribution in [0.3, 0.4) is 0 Å². The zero-order chi connectivity index (χ0) is 22.4. The second-order valence-electron chi connectivity index (χ2n) is 6.55. The predicted molar refractivity (Wildman–Crippen MR) is 104 cm³/mol. The topological polar surface area (TPSA) is 129 Å². The van der Waals surface area contributed by atoms with Crippen LogP contribution in [0.5, 0.6) is 5.88 Å². The average molecular weight is 437 g/mol. The summed E-state index contributed by atoms with van der Waals surface area (Å²) >= 11 is 0. The van der Waals surface area contributed by atoms with E-state index >= 15 is 0 Å². The number of nitrogens with one attached hydrogen (secondary N) is 3. The lowest BCUT2D eigenvalue weighted by Crippen LogP contribution is -2.21. The molecule has 164 valence electrons. The van der Waals surface area contributed by atoms with E-state index in [4.69, 9.17) is 14.6 Å². The Morgan fingerprint density at radius 3 is 2.58 bits per heavy atom. The van der Waals surface area contributed by atoms with Gasteiger partial charge < -0.3 is 20.5 Å². The molecule has 1 aliphatic heterocycles. The molecule has 4 N–H and O–H groups in total. The van der Waals surface area contributed by atoms with Crippen LogP contribution in [0.4, 0.5) is 18.9 Å².